The molecule has 0 N–H and O–H groups in total. The zero-order valence-corrected chi connectivity index (χ0v) is 16.8. The van der Waals surface area contributed by atoms with Gasteiger partial charge in [0, 0.05) is 48.7 Å². The Morgan fingerprint density at radius 1 is 1.21 bits per heavy atom. The Morgan fingerprint density at radius 3 is 2.83 bits per heavy atom. The van der Waals surface area contributed by atoms with Crippen LogP contribution in [-0.4, -0.2) is 20.8 Å². The summed E-state index contributed by atoms with van der Waals surface area (Å²) in [4.78, 5) is 17.7. The van der Waals surface area contributed by atoms with Crippen LogP contribution in [0.25, 0.3) is 10.8 Å². The summed E-state index contributed by atoms with van der Waals surface area (Å²) in [5, 5.41) is 10.9. The molecule has 5 nitrogen and oxygen atoms in total. The number of hydrogen-bond donors (Lipinski definition) is 0. The van der Waals surface area contributed by atoms with Crippen LogP contribution in [0.5, 0.6) is 0 Å². The van der Waals surface area contributed by atoms with E-state index in [1.807, 2.05) is 23.8 Å². The zero-order chi connectivity index (χ0) is 20.0. The van der Waals surface area contributed by atoms with Crippen molar-refractivity contribution in [2.24, 2.45) is 0 Å². The van der Waals surface area contributed by atoms with Gasteiger partial charge in [0.15, 0.2) is 0 Å². The van der Waals surface area contributed by atoms with Crippen LogP contribution in [-0.2, 0) is 13.0 Å². The van der Waals surface area contributed by atoms with Crippen LogP contribution in [0.2, 0.25) is 12.6 Å². The highest BCUT2D eigenvalue weighted by Gasteiger charge is 2.26. The molecule has 146 valence electrons. The summed E-state index contributed by atoms with van der Waals surface area (Å²) < 4.78 is 4.18. The Kier molecular flexibility index (Phi) is 4.54. The molecule has 1 saturated heterocycles. The maximum absolute atomic E-state index is 13.1. The average Bonchev–Trinajstić information content (AvgIpc) is 3.13. The second-order valence-corrected chi connectivity index (χ2v) is 8.70. The largest absolute Gasteiger partial charge is 0.334 e. The first kappa shape index (κ1) is 18.2. The van der Waals surface area contributed by atoms with Crippen LogP contribution in [0.15, 0.2) is 41.5 Å². The van der Waals surface area contributed by atoms with Gasteiger partial charge in [-0.05, 0) is 49.3 Å². The van der Waals surface area contributed by atoms with Gasteiger partial charge in [0.1, 0.15) is 5.82 Å². The highest BCUT2D eigenvalue weighted by molar-refractivity contribution is 6.67. The van der Waals surface area contributed by atoms with E-state index in [0.717, 1.165) is 61.3 Å². The van der Waals surface area contributed by atoms with Crippen LogP contribution in [0.1, 0.15) is 48.3 Å². The van der Waals surface area contributed by atoms with Crippen molar-refractivity contribution in [1.82, 2.24) is 14.1 Å². The van der Waals surface area contributed by atoms with E-state index in [-0.39, 0.29) is 18.3 Å². The molecule has 0 aliphatic carbocycles. The van der Waals surface area contributed by atoms with Crippen molar-refractivity contribution in [2.45, 2.75) is 63.8 Å². The summed E-state index contributed by atoms with van der Waals surface area (Å²) in [6.45, 7) is 3.16. The Balaban J connectivity index is 1.42. The highest BCUT2D eigenvalue weighted by atomic mass is 16.1. The van der Waals surface area contributed by atoms with Gasteiger partial charge in [0.2, 0.25) is 0 Å². The quantitative estimate of drug-likeness (QED) is 0.624. The lowest BCUT2D eigenvalue weighted by atomic mass is 9.42. The van der Waals surface area contributed by atoms with Crippen LogP contribution in [0, 0.1) is 18.2 Å². The van der Waals surface area contributed by atoms with E-state index in [1.54, 1.807) is 0 Å². The predicted molar refractivity (Wildman–Crippen MR) is 115 cm³/mol. The minimum atomic E-state index is 0.102. The predicted octanol–water partition coefficient (Wildman–Crippen LogP) is 4.13. The third-order valence-corrected chi connectivity index (χ3v) is 6.81. The maximum Gasteiger partial charge on any atom is 0.268 e. The second kappa shape index (κ2) is 7.22. The fraction of sp³-hybridized carbons (Fsp3) is 0.435. The molecule has 1 unspecified atom stereocenters. The molecule has 0 amide bonds. The highest BCUT2D eigenvalue weighted by Crippen LogP contribution is 2.31. The van der Waals surface area contributed by atoms with Gasteiger partial charge in [-0.2, -0.15) is 0 Å². The standard InChI is InChI=1S/C23H25BN4O/c1-16-13-27-14-19(3-5-22(27)26-16)17-2-4-21-18(12-17)8-11-28(23(21)29)20-6-9-24(15-25)10-7-20/h2,4,8,11-13,19-20H,3,5-7,9-10,14H2,1H3. The number of benzene rings is 1. The van der Waals surface area contributed by atoms with E-state index in [0.29, 0.717) is 5.92 Å². The smallest absolute Gasteiger partial charge is 0.268 e. The van der Waals surface area contributed by atoms with Gasteiger partial charge in [-0.25, -0.2) is 10.2 Å². The van der Waals surface area contributed by atoms with Crippen molar-refractivity contribution in [3.05, 3.63) is 64.1 Å². The second-order valence-electron chi connectivity index (χ2n) is 8.70. The molecule has 0 bridgehead atoms. The first-order chi connectivity index (χ1) is 14.1. The van der Waals surface area contributed by atoms with Gasteiger partial charge < -0.3 is 9.13 Å². The molecule has 0 radical (unpaired) electrons. The number of rotatable bonds is 2. The molecule has 0 saturated carbocycles. The Bertz CT molecular complexity index is 1160. The molecule has 3 aromatic rings. The maximum atomic E-state index is 13.1. The summed E-state index contributed by atoms with van der Waals surface area (Å²) >= 11 is 0. The third-order valence-electron chi connectivity index (χ3n) is 6.81. The molecular formula is C23H25BN4O. The van der Waals surface area contributed by atoms with Gasteiger partial charge in [-0.1, -0.05) is 24.8 Å². The SMILES string of the molecule is Cc1cn2c(n1)CCC(c1ccc3c(=O)n(C4CCB(C#N)CC4)ccc3c1)C2. The molecular weight excluding hydrogens is 359 g/mol. The minimum Gasteiger partial charge on any atom is -0.334 e. The number of pyridine rings is 1. The molecule has 0 spiro atoms. The number of fused-ring (bicyclic) bond motifs is 2. The van der Waals surface area contributed by atoms with Crippen LogP contribution in [0.3, 0.4) is 0 Å². The summed E-state index contributed by atoms with van der Waals surface area (Å²) in [7, 11) is 0. The normalized spacial score (nSPS) is 19.9. The van der Waals surface area contributed by atoms with Gasteiger partial charge in [0.25, 0.3) is 12.3 Å². The van der Waals surface area contributed by atoms with Gasteiger partial charge in [-0.15, -0.1) is 0 Å². The molecule has 29 heavy (non-hydrogen) atoms. The monoisotopic (exact) mass is 384 g/mol. The number of aryl methyl sites for hydroxylation is 2. The van der Waals surface area contributed by atoms with Crippen molar-refractivity contribution in [2.75, 3.05) is 0 Å². The van der Waals surface area contributed by atoms with Gasteiger partial charge in [0.05, 0.1) is 5.69 Å². The molecule has 1 fully saturated rings. The fourth-order valence-electron chi connectivity index (χ4n) is 5.16. The Labute approximate surface area is 171 Å². The molecule has 1 aromatic carbocycles. The lowest BCUT2D eigenvalue weighted by Crippen LogP contribution is -2.29. The molecule has 6 heteroatoms. The van der Waals surface area contributed by atoms with Gasteiger partial charge in [-0.3, -0.25) is 4.79 Å². The fourth-order valence-corrected chi connectivity index (χ4v) is 5.16. The summed E-state index contributed by atoms with van der Waals surface area (Å²) in [6, 6.07) is 8.66. The topological polar surface area (TPSA) is 63.6 Å². The van der Waals surface area contributed by atoms with E-state index in [9.17, 15) is 4.79 Å². The molecule has 2 aliphatic rings. The minimum absolute atomic E-state index is 0.102. The van der Waals surface area contributed by atoms with Crippen molar-refractivity contribution < 1.29 is 0 Å². The van der Waals surface area contributed by atoms with Crippen LogP contribution in [0.4, 0.5) is 0 Å². The molecule has 5 rings (SSSR count). The van der Waals surface area contributed by atoms with Crippen molar-refractivity contribution >= 4 is 17.5 Å². The van der Waals surface area contributed by atoms with Crippen molar-refractivity contribution in [1.29, 1.82) is 5.26 Å². The van der Waals surface area contributed by atoms with Gasteiger partial charge >= 0.3 is 0 Å². The first-order valence-corrected chi connectivity index (χ1v) is 10.7. The van der Waals surface area contributed by atoms with Crippen LogP contribution >= 0.6 is 0 Å². The summed E-state index contributed by atoms with van der Waals surface area (Å²) in [5.41, 5.74) is 2.50. The van der Waals surface area contributed by atoms with Crippen LogP contribution < -0.4 is 5.56 Å². The molecule has 4 heterocycles. The van der Waals surface area contributed by atoms with E-state index >= 15 is 0 Å². The molecule has 2 aliphatic heterocycles. The number of hydrogen-bond acceptors (Lipinski definition) is 3. The number of imidazole rings is 1. The van der Waals surface area contributed by atoms with E-state index < -0.39 is 0 Å². The van der Waals surface area contributed by atoms with E-state index in [1.165, 1.54) is 11.4 Å². The summed E-state index contributed by atoms with van der Waals surface area (Å²) in [6.07, 6.45) is 9.81. The third kappa shape index (κ3) is 3.29. The Hall–Kier alpha value is -2.81. The number of nitrogens with zero attached hydrogens (tertiary/aromatic N) is 4. The summed E-state index contributed by atoms with van der Waals surface area (Å²) in [5.74, 6) is 4.02. The first-order valence-electron chi connectivity index (χ1n) is 10.7. The lowest BCUT2D eigenvalue weighted by Gasteiger charge is -2.26. The van der Waals surface area contributed by atoms with E-state index in [4.69, 9.17) is 5.26 Å². The number of nitriles is 1. The zero-order valence-electron chi connectivity index (χ0n) is 16.8. The van der Waals surface area contributed by atoms with Crippen molar-refractivity contribution in [3.8, 4) is 5.97 Å². The van der Waals surface area contributed by atoms with Crippen molar-refractivity contribution in [3.63, 3.8) is 0 Å². The number of aromatic nitrogens is 3. The van der Waals surface area contributed by atoms with E-state index in [2.05, 4.69) is 39.9 Å². The Morgan fingerprint density at radius 2 is 2.03 bits per heavy atom. The average molecular weight is 384 g/mol. The molecule has 1 atom stereocenters. The molecule has 2 aromatic heterocycles. The lowest BCUT2D eigenvalue weighted by molar-refractivity contribution is 0.444.